The molecule has 0 aromatic heterocycles. The van der Waals surface area contributed by atoms with Crippen LogP contribution in [0.15, 0.2) is 24.3 Å². The molecule has 1 aromatic rings. The lowest BCUT2D eigenvalue weighted by Gasteiger charge is -2.26. The molecule has 0 N–H and O–H groups in total. The van der Waals surface area contributed by atoms with E-state index in [1.165, 1.54) is 0 Å². The normalized spacial score (nSPS) is 14.8. The predicted octanol–water partition coefficient (Wildman–Crippen LogP) is 2.22. The molecular weight excluding hydrogens is 310 g/mol. The Morgan fingerprint density at radius 3 is 2.08 bits per heavy atom. The topological polar surface area (TPSA) is 80.8 Å². The summed E-state index contributed by atoms with van der Waals surface area (Å²) in [6.07, 6.45) is -0.137. The number of Topliss-reactive ketones (excluding diaryl/α,β-unsaturated/α-hetero) is 1. The molecule has 6 nitrogen and oxygen atoms in total. The van der Waals surface area contributed by atoms with E-state index in [0.717, 1.165) is 4.90 Å². The summed E-state index contributed by atoms with van der Waals surface area (Å²) in [4.78, 5) is 50.3. The van der Waals surface area contributed by atoms with Gasteiger partial charge in [0.2, 0.25) is 0 Å². The van der Waals surface area contributed by atoms with Gasteiger partial charge in [0, 0.05) is 0 Å². The lowest BCUT2D eigenvalue weighted by Crippen LogP contribution is -2.46. The predicted molar refractivity (Wildman–Crippen MR) is 86.4 cm³/mol. The molecule has 0 radical (unpaired) electrons. The smallest absolute Gasteiger partial charge is 0.313 e. The zero-order valence-corrected chi connectivity index (χ0v) is 14.1. The fourth-order valence-electron chi connectivity index (χ4n) is 2.79. The van der Waals surface area contributed by atoms with Crippen molar-refractivity contribution in [3.63, 3.8) is 0 Å². The second-order valence-corrected chi connectivity index (χ2v) is 6.12. The van der Waals surface area contributed by atoms with Crippen molar-refractivity contribution in [2.45, 2.75) is 39.7 Å². The Balaban J connectivity index is 2.29. The molecule has 0 fully saturated rings. The van der Waals surface area contributed by atoms with Crippen LogP contribution in [0.3, 0.4) is 0 Å². The molecule has 1 heterocycles. The average molecular weight is 331 g/mol. The lowest BCUT2D eigenvalue weighted by atomic mass is 9.97. The minimum Gasteiger partial charge on any atom is -0.466 e. The van der Waals surface area contributed by atoms with Crippen LogP contribution in [0, 0.1) is 5.92 Å². The van der Waals surface area contributed by atoms with Crippen LogP contribution < -0.4 is 0 Å². The number of nitrogens with zero attached hydrogens (tertiary/aromatic N) is 1. The Hall–Kier alpha value is -2.50. The van der Waals surface area contributed by atoms with Crippen molar-refractivity contribution >= 4 is 23.6 Å². The van der Waals surface area contributed by atoms with Crippen LogP contribution in [0.25, 0.3) is 0 Å². The molecule has 1 aromatic carbocycles. The molecule has 1 aliphatic rings. The Morgan fingerprint density at radius 2 is 1.62 bits per heavy atom. The van der Waals surface area contributed by atoms with Crippen LogP contribution in [-0.2, 0) is 14.3 Å². The van der Waals surface area contributed by atoms with E-state index in [-0.39, 0.29) is 12.5 Å². The van der Waals surface area contributed by atoms with Gasteiger partial charge in [0.25, 0.3) is 11.8 Å². The molecule has 128 valence electrons. The monoisotopic (exact) mass is 331 g/mol. The van der Waals surface area contributed by atoms with Gasteiger partial charge in [0.15, 0.2) is 5.78 Å². The highest BCUT2D eigenvalue weighted by molar-refractivity contribution is 6.23. The largest absolute Gasteiger partial charge is 0.466 e. The first-order chi connectivity index (χ1) is 11.4. The van der Waals surface area contributed by atoms with E-state index in [9.17, 15) is 19.2 Å². The minimum absolute atomic E-state index is 0.0745. The number of ether oxygens (including phenoxy) is 1. The van der Waals surface area contributed by atoms with E-state index in [2.05, 4.69) is 0 Å². The number of rotatable bonds is 7. The molecule has 24 heavy (non-hydrogen) atoms. The van der Waals surface area contributed by atoms with Gasteiger partial charge >= 0.3 is 5.97 Å². The van der Waals surface area contributed by atoms with Gasteiger partial charge in [0.05, 0.1) is 23.8 Å². The molecule has 1 atom stereocenters. The third kappa shape index (κ3) is 3.53. The maximum Gasteiger partial charge on any atom is 0.313 e. The molecule has 0 saturated heterocycles. The van der Waals surface area contributed by atoms with Gasteiger partial charge in [-0.25, -0.2) is 0 Å². The van der Waals surface area contributed by atoms with Crippen LogP contribution in [-0.4, -0.2) is 41.1 Å². The van der Waals surface area contributed by atoms with Crippen molar-refractivity contribution in [1.29, 1.82) is 0 Å². The number of fused-ring (bicyclic) bond motifs is 1. The van der Waals surface area contributed by atoms with Crippen LogP contribution in [0.1, 0.15) is 54.3 Å². The summed E-state index contributed by atoms with van der Waals surface area (Å²) in [5.41, 5.74) is 0.584. The maximum absolute atomic E-state index is 12.6. The molecule has 2 rings (SSSR count). The van der Waals surface area contributed by atoms with Crippen molar-refractivity contribution in [2.24, 2.45) is 5.92 Å². The van der Waals surface area contributed by atoms with Gasteiger partial charge in [-0.05, 0) is 31.4 Å². The highest BCUT2D eigenvalue weighted by Crippen LogP contribution is 2.27. The highest BCUT2D eigenvalue weighted by Gasteiger charge is 2.42. The number of carbonyl (C=O) groups excluding carboxylic acids is 4. The van der Waals surface area contributed by atoms with E-state index >= 15 is 0 Å². The molecule has 1 aliphatic heterocycles. The van der Waals surface area contributed by atoms with Crippen molar-refractivity contribution in [1.82, 2.24) is 4.90 Å². The number of hydrogen-bond donors (Lipinski definition) is 0. The zero-order chi connectivity index (χ0) is 17.9. The van der Waals surface area contributed by atoms with E-state index < -0.39 is 36.0 Å². The summed E-state index contributed by atoms with van der Waals surface area (Å²) in [7, 11) is 0. The molecule has 0 bridgehead atoms. The molecule has 0 spiro atoms. The molecule has 2 amide bonds. The molecular formula is C18H21NO5. The fourth-order valence-corrected chi connectivity index (χ4v) is 2.79. The lowest BCUT2D eigenvalue weighted by molar-refractivity contribution is -0.146. The van der Waals surface area contributed by atoms with Crippen molar-refractivity contribution < 1.29 is 23.9 Å². The SMILES string of the molecule is CCOC(=O)CC(=O)C(CC(C)C)N1C(=O)c2ccccc2C1=O. The summed E-state index contributed by atoms with van der Waals surface area (Å²) < 4.78 is 4.80. The van der Waals surface area contributed by atoms with Crippen molar-refractivity contribution in [2.75, 3.05) is 6.61 Å². The first-order valence-corrected chi connectivity index (χ1v) is 8.02. The van der Waals surface area contributed by atoms with Gasteiger partial charge in [-0.3, -0.25) is 24.1 Å². The van der Waals surface area contributed by atoms with Gasteiger partial charge in [-0.15, -0.1) is 0 Å². The number of ketones is 1. The van der Waals surface area contributed by atoms with Crippen LogP contribution in [0.2, 0.25) is 0 Å². The number of amides is 2. The minimum atomic E-state index is -0.957. The molecule has 0 aliphatic carbocycles. The molecule has 6 heteroatoms. The summed E-state index contributed by atoms with van der Waals surface area (Å²) in [6.45, 7) is 5.61. The van der Waals surface area contributed by atoms with Crippen LogP contribution >= 0.6 is 0 Å². The number of imide groups is 1. The number of hydrogen-bond acceptors (Lipinski definition) is 5. The molecule has 0 saturated carbocycles. The van der Waals surface area contributed by atoms with Crippen molar-refractivity contribution in [3.8, 4) is 0 Å². The van der Waals surface area contributed by atoms with Crippen LogP contribution in [0.4, 0.5) is 0 Å². The summed E-state index contributed by atoms with van der Waals surface area (Å²) in [5, 5.41) is 0. The second-order valence-electron chi connectivity index (χ2n) is 6.12. The fraction of sp³-hybridized carbons (Fsp3) is 0.444. The standard InChI is InChI=1S/C18H21NO5/c1-4-24-16(21)10-15(20)14(9-11(2)3)19-17(22)12-7-5-6-8-13(12)18(19)23/h5-8,11,14H,4,9-10H2,1-3H3. The Morgan fingerprint density at radius 1 is 1.08 bits per heavy atom. The van der Waals surface area contributed by atoms with E-state index in [0.29, 0.717) is 17.5 Å². The van der Waals surface area contributed by atoms with Gasteiger partial charge < -0.3 is 4.74 Å². The third-order valence-corrected chi connectivity index (χ3v) is 3.83. The zero-order valence-electron chi connectivity index (χ0n) is 14.1. The summed E-state index contributed by atoms with van der Waals surface area (Å²) in [5.74, 6) is -2.02. The van der Waals surface area contributed by atoms with Gasteiger partial charge in [-0.2, -0.15) is 0 Å². The number of esters is 1. The Kier molecular flexibility index (Phi) is 5.49. The van der Waals surface area contributed by atoms with E-state index in [1.54, 1.807) is 31.2 Å². The van der Waals surface area contributed by atoms with E-state index in [4.69, 9.17) is 4.74 Å². The van der Waals surface area contributed by atoms with Crippen LogP contribution in [0.5, 0.6) is 0 Å². The quantitative estimate of drug-likeness (QED) is 0.435. The average Bonchev–Trinajstić information content (AvgIpc) is 2.77. The Bertz CT molecular complexity index is 645. The second kappa shape index (κ2) is 7.38. The summed E-state index contributed by atoms with van der Waals surface area (Å²) in [6, 6.07) is 5.52. The Labute approximate surface area is 140 Å². The summed E-state index contributed by atoms with van der Waals surface area (Å²) >= 11 is 0. The maximum atomic E-state index is 12.6. The number of carbonyl (C=O) groups is 4. The van der Waals surface area contributed by atoms with Crippen molar-refractivity contribution in [3.05, 3.63) is 35.4 Å². The first-order valence-electron chi connectivity index (χ1n) is 8.02. The molecule has 1 unspecified atom stereocenters. The highest BCUT2D eigenvalue weighted by atomic mass is 16.5. The van der Waals surface area contributed by atoms with Gasteiger partial charge in [0.1, 0.15) is 6.42 Å². The first kappa shape index (κ1) is 17.8. The number of benzene rings is 1. The van der Waals surface area contributed by atoms with Gasteiger partial charge in [-0.1, -0.05) is 26.0 Å². The van der Waals surface area contributed by atoms with E-state index in [1.807, 2.05) is 13.8 Å². The third-order valence-electron chi connectivity index (χ3n) is 3.83.